The van der Waals surface area contributed by atoms with Gasteiger partial charge in [0.15, 0.2) is 11.3 Å². The molecule has 0 radical (unpaired) electrons. The zero-order valence-corrected chi connectivity index (χ0v) is 14.5. The zero-order valence-electron chi connectivity index (χ0n) is 13.7. The summed E-state index contributed by atoms with van der Waals surface area (Å²) in [5.74, 6) is -0.380. The van der Waals surface area contributed by atoms with Crippen molar-refractivity contribution in [1.29, 1.82) is 0 Å². The highest BCUT2D eigenvalue weighted by molar-refractivity contribution is 7.85. The first-order chi connectivity index (χ1) is 12.0. The van der Waals surface area contributed by atoms with Gasteiger partial charge in [-0.05, 0) is 31.2 Å². The van der Waals surface area contributed by atoms with Crippen molar-refractivity contribution in [1.82, 2.24) is 0 Å². The number of rotatable bonds is 5. The van der Waals surface area contributed by atoms with Gasteiger partial charge in [-0.1, -0.05) is 6.92 Å². The number of hydrogen-bond donors (Lipinski definition) is 1. The molecule has 6 nitrogen and oxygen atoms in total. The predicted molar refractivity (Wildman–Crippen MR) is 95.1 cm³/mol. The van der Waals surface area contributed by atoms with Gasteiger partial charge >= 0.3 is 5.97 Å². The third kappa shape index (κ3) is 3.02. The number of carboxylic acid groups (broad SMARTS) is 1. The summed E-state index contributed by atoms with van der Waals surface area (Å²) in [7, 11) is -1.27. The van der Waals surface area contributed by atoms with E-state index in [-0.39, 0.29) is 32.9 Å². The molecule has 0 aliphatic rings. The Labute approximate surface area is 145 Å². The maximum Gasteiger partial charge on any atom is 0.335 e. The molecular weight excluding hydrogens is 344 g/mol. The summed E-state index contributed by atoms with van der Waals surface area (Å²) < 4.78 is 23.5. The van der Waals surface area contributed by atoms with Crippen LogP contribution in [0.4, 0.5) is 0 Å². The Bertz CT molecular complexity index is 1070. The van der Waals surface area contributed by atoms with Crippen molar-refractivity contribution in [2.45, 2.75) is 18.7 Å². The lowest BCUT2D eigenvalue weighted by atomic mass is 10.1. The molecule has 0 aliphatic carbocycles. The SMILES string of the molecule is CCOc1cc(S(=O)CC)cc2c(=O)c3cc(C(=O)O)ccc3oc12. The van der Waals surface area contributed by atoms with Crippen LogP contribution in [-0.4, -0.2) is 27.6 Å². The van der Waals surface area contributed by atoms with Crippen LogP contribution in [0.5, 0.6) is 5.75 Å². The van der Waals surface area contributed by atoms with Crippen LogP contribution in [0.3, 0.4) is 0 Å². The molecule has 1 N–H and O–H groups in total. The lowest BCUT2D eigenvalue weighted by Crippen LogP contribution is -2.07. The summed E-state index contributed by atoms with van der Waals surface area (Å²) in [5.41, 5.74) is 0.153. The van der Waals surface area contributed by atoms with Crippen LogP contribution in [0.15, 0.2) is 44.4 Å². The van der Waals surface area contributed by atoms with Crippen molar-refractivity contribution in [2.24, 2.45) is 0 Å². The normalized spacial score (nSPS) is 12.4. The third-order valence-electron chi connectivity index (χ3n) is 3.78. The number of carbonyl (C=O) groups is 1. The molecule has 0 saturated carbocycles. The standard InChI is InChI=1S/C18H16O6S/c1-3-23-15-9-11(25(22)4-2)8-13-16(19)12-7-10(18(20)21)5-6-14(12)24-17(13)15/h5-9H,3-4H2,1-2H3,(H,20,21). The molecule has 1 unspecified atom stereocenters. The molecule has 2 aromatic carbocycles. The van der Waals surface area contributed by atoms with E-state index in [1.54, 1.807) is 19.9 Å². The fraction of sp³-hybridized carbons (Fsp3) is 0.222. The summed E-state index contributed by atoms with van der Waals surface area (Å²) in [6.07, 6.45) is 0. The van der Waals surface area contributed by atoms with Gasteiger partial charge < -0.3 is 14.3 Å². The molecule has 0 amide bonds. The van der Waals surface area contributed by atoms with Crippen molar-refractivity contribution in [3.05, 3.63) is 46.1 Å². The molecule has 0 aliphatic heterocycles. The van der Waals surface area contributed by atoms with Crippen molar-refractivity contribution < 1.29 is 23.3 Å². The molecule has 130 valence electrons. The van der Waals surface area contributed by atoms with E-state index >= 15 is 0 Å². The minimum absolute atomic E-state index is 0.00234. The van der Waals surface area contributed by atoms with E-state index in [1.807, 2.05) is 0 Å². The average Bonchev–Trinajstić information content (AvgIpc) is 2.61. The Hall–Kier alpha value is -2.67. The first kappa shape index (κ1) is 17.2. The van der Waals surface area contributed by atoms with Gasteiger partial charge in [-0.3, -0.25) is 9.00 Å². The zero-order chi connectivity index (χ0) is 18.1. The molecule has 1 atom stereocenters. The Kier molecular flexibility index (Phi) is 4.59. The molecule has 0 bridgehead atoms. The van der Waals surface area contributed by atoms with Crippen molar-refractivity contribution >= 4 is 38.7 Å². The molecular formula is C18H16O6S. The summed E-state index contributed by atoms with van der Waals surface area (Å²) in [6.45, 7) is 3.94. The fourth-order valence-electron chi connectivity index (χ4n) is 2.60. The van der Waals surface area contributed by atoms with E-state index in [9.17, 15) is 13.8 Å². The van der Waals surface area contributed by atoms with Crippen LogP contribution in [0.1, 0.15) is 24.2 Å². The monoisotopic (exact) mass is 360 g/mol. The topological polar surface area (TPSA) is 93.8 Å². The van der Waals surface area contributed by atoms with Gasteiger partial charge in [0.2, 0.25) is 5.43 Å². The number of fused-ring (bicyclic) bond motifs is 2. The van der Waals surface area contributed by atoms with Crippen molar-refractivity contribution in [3.8, 4) is 5.75 Å². The van der Waals surface area contributed by atoms with E-state index < -0.39 is 16.8 Å². The van der Waals surface area contributed by atoms with Gasteiger partial charge in [0.05, 0.1) is 33.7 Å². The highest BCUT2D eigenvalue weighted by Crippen LogP contribution is 2.30. The Morgan fingerprint density at radius 2 is 1.96 bits per heavy atom. The Morgan fingerprint density at radius 3 is 2.60 bits per heavy atom. The van der Waals surface area contributed by atoms with Crippen LogP contribution >= 0.6 is 0 Å². The van der Waals surface area contributed by atoms with Gasteiger partial charge in [0.1, 0.15) is 5.58 Å². The maximum atomic E-state index is 12.9. The number of hydrogen-bond acceptors (Lipinski definition) is 5. The number of benzene rings is 2. The second-order valence-corrected chi connectivity index (χ2v) is 7.05. The van der Waals surface area contributed by atoms with Crippen LogP contribution < -0.4 is 10.2 Å². The van der Waals surface area contributed by atoms with E-state index in [4.69, 9.17) is 14.3 Å². The Morgan fingerprint density at radius 1 is 1.20 bits per heavy atom. The predicted octanol–water partition coefficient (Wildman–Crippen LogP) is 3.17. The van der Waals surface area contributed by atoms with E-state index in [0.717, 1.165) is 0 Å². The second-order valence-electron chi connectivity index (χ2n) is 5.31. The highest BCUT2D eigenvalue weighted by atomic mass is 32.2. The number of carboxylic acids is 1. The minimum Gasteiger partial charge on any atom is -0.490 e. The number of ether oxygens (including phenoxy) is 1. The second kappa shape index (κ2) is 6.68. The van der Waals surface area contributed by atoms with Crippen LogP contribution in [0.2, 0.25) is 0 Å². The van der Waals surface area contributed by atoms with Crippen LogP contribution in [0, 0.1) is 0 Å². The van der Waals surface area contributed by atoms with Gasteiger partial charge in [-0.25, -0.2) is 4.79 Å². The molecule has 25 heavy (non-hydrogen) atoms. The number of aromatic carboxylic acids is 1. The van der Waals surface area contributed by atoms with Crippen molar-refractivity contribution in [3.63, 3.8) is 0 Å². The molecule has 3 rings (SSSR count). The highest BCUT2D eigenvalue weighted by Gasteiger charge is 2.17. The summed E-state index contributed by atoms with van der Waals surface area (Å²) in [5, 5.41) is 9.50. The molecule has 0 spiro atoms. The fourth-order valence-corrected chi connectivity index (χ4v) is 3.42. The largest absolute Gasteiger partial charge is 0.490 e. The van der Waals surface area contributed by atoms with E-state index in [0.29, 0.717) is 23.0 Å². The first-order valence-corrected chi connectivity index (χ1v) is 9.07. The Balaban J connectivity index is 2.41. The molecule has 0 fully saturated rings. The molecule has 1 aromatic heterocycles. The third-order valence-corrected chi connectivity index (χ3v) is 5.07. The molecule has 3 aromatic rings. The minimum atomic E-state index is -1.27. The quantitative estimate of drug-likeness (QED) is 0.703. The van der Waals surface area contributed by atoms with E-state index in [2.05, 4.69) is 0 Å². The molecule has 7 heteroatoms. The lowest BCUT2D eigenvalue weighted by molar-refractivity contribution is 0.0697. The van der Waals surface area contributed by atoms with Gasteiger partial charge in [-0.2, -0.15) is 0 Å². The van der Waals surface area contributed by atoms with E-state index in [1.165, 1.54) is 24.3 Å². The van der Waals surface area contributed by atoms with Crippen LogP contribution in [0.25, 0.3) is 21.9 Å². The van der Waals surface area contributed by atoms with Gasteiger partial charge in [0.25, 0.3) is 0 Å². The van der Waals surface area contributed by atoms with Crippen LogP contribution in [-0.2, 0) is 10.8 Å². The molecule has 1 heterocycles. The summed E-state index contributed by atoms with van der Waals surface area (Å²) in [4.78, 5) is 24.5. The van der Waals surface area contributed by atoms with Gasteiger partial charge in [-0.15, -0.1) is 0 Å². The maximum absolute atomic E-state index is 12.9. The first-order valence-electron chi connectivity index (χ1n) is 7.75. The molecule has 0 saturated heterocycles. The average molecular weight is 360 g/mol. The summed E-state index contributed by atoms with van der Waals surface area (Å²) >= 11 is 0. The van der Waals surface area contributed by atoms with Crippen molar-refractivity contribution in [2.75, 3.05) is 12.4 Å². The smallest absolute Gasteiger partial charge is 0.335 e. The lowest BCUT2D eigenvalue weighted by Gasteiger charge is -2.10. The summed E-state index contributed by atoms with van der Waals surface area (Å²) in [6, 6.07) is 7.25. The van der Waals surface area contributed by atoms with Gasteiger partial charge in [0, 0.05) is 16.7 Å².